The largest absolute Gasteiger partial charge is 0.490 e. The number of ether oxygens (including phenoxy) is 2. The van der Waals surface area contributed by atoms with Gasteiger partial charge in [0.2, 0.25) is 5.16 Å². The second kappa shape index (κ2) is 8.68. The Morgan fingerprint density at radius 3 is 3.04 bits per heavy atom. The predicted molar refractivity (Wildman–Crippen MR) is 105 cm³/mol. The molecule has 0 fully saturated rings. The molecule has 1 aromatic heterocycles. The van der Waals surface area contributed by atoms with Crippen LogP contribution in [0, 0.1) is 6.92 Å². The van der Waals surface area contributed by atoms with Crippen molar-refractivity contribution in [3.63, 3.8) is 0 Å². The van der Waals surface area contributed by atoms with Crippen molar-refractivity contribution in [2.75, 3.05) is 19.0 Å². The molecule has 0 bridgehead atoms. The van der Waals surface area contributed by atoms with Gasteiger partial charge >= 0.3 is 5.97 Å². The minimum absolute atomic E-state index is 0.288. The highest BCUT2D eigenvalue weighted by atomic mass is 32.2. The zero-order chi connectivity index (χ0) is 19.2. The van der Waals surface area contributed by atoms with Crippen molar-refractivity contribution >= 4 is 29.5 Å². The summed E-state index contributed by atoms with van der Waals surface area (Å²) < 4.78 is 12.4. The zero-order valence-corrected chi connectivity index (χ0v) is 16.0. The first-order valence-electron chi connectivity index (χ1n) is 8.48. The number of aromatic nitrogens is 3. The molecule has 2 heterocycles. The number of benzene rings is 1. The monoisotopic (exact) mass is 384 g/mol. The van der Waals surface area contributed by atoms with E-state index in [2.05, 4.69) is 21.9 Å². The van der Waals surface area contributed by atoms with Crippen LogP contribution in [-0.2, 0) is 9.53 Å². The fourth-order valence-corrected chi connectivity index (χ4v) is 3.32. The van der Waals surface area contributed by atoms with Crippen molar-refractivity contribution in [2.24, 2.45) is 5.10 Å². The lowest BCUT2D eigenvalue weighted by Gasteiger charge is -2.15. The molecule has 0 unspecified atom stereocenters. The maximum atomic E-state index is 12.6. The maximum Gasteiger partial charge on any atom is 0.340 e. The smallest absolute Gasteiger partial charge is 0.340 e. The maximum absolute atomic E-state index is 12.6. The molecule has 3 rings (SSSR count). The summed E-state index contributed by atoms with van der Waals surface area (Å²) in [6, 6.07) is 7.47. The molecular formula is C19H20N4O3S. The minimum Gasteiger partial charge on any atom is -0.490 e. The molecule has 0 amide bonds. The van der Waals surface area contributed by atoms with Gasteiger partial charge in [-0.1, -0.05) is 36.5 Å². The van der Waals surface area contributed by atoms with Gasteiger partial charge in [-0.2, -0.15) is 9.78 Å². The molecule has 0 N–H and O–H groups in total. The average Bonchev–Trinajstić information content (AvgIpc) is 3.05. The number of carbonyl (C=O) groups is 1. The van der Waals surface area contributed by atoms with Crippen molar-refractivity contribution in [3.05, 3.63) is 53.9 Å². The lowest BCUT2D eigenvalue weighted by molar-refractivity contribution is -0.137. The molecule has 0 saturated heterocycles. The van der Waals surface area contributed by atoms with E-state index in [9.17, 15) is 4.79 Å². The number of nitrogens with zero attached hydrogens (tertiary/aromatic N) is 4. The van der Waals surface area contributed by atoms with Gasteiger partial charge in [-0.3, -0.25) is 0 Å². The van der Waals surface area contributed by atoms with E-state index in [1.165, 1.54) is 11.8 Å². The Bertz CT molecular complexity index is 917. The number of rotatable bonds is 7. The number of hydrogen-bond acceptors (Lipinski definition) is 7. The third-order valence-corrected chi connectivity index (χ3v) is 4.60. The lowest BCUT2D eigenvalue weighted by Crippen LogP contribution is -2.21. The molecule has 2 aromatic rings. The van der Waals surface area contributed by atoms with E-state index in [-0.39, 0.29) is 6.61 Å². The first-order chi connectivity index (χ1) is 13.1. The lowest BCUT2D eigenvalue weighted by atomic mass is 10.1. The van der Waals surface area contributed by atoms with Crippen molar-refractivity contribution < 1.29 is 14.3 Å². The fourth-order valence-electron chi connectivity index (χ4n) is 2.44. The van der Waals surface area contributed by atoms with E-state index in [1.54, 1.807) is 23.8 Å². The summed E-state index contributed by atoms with van der Waals surface area (Å²) in [4.78, 5) is 12.6. The Kier molecular flexibility index (Phi) is 6.08. The third-order valence-electron chi connectivity index (χ3n) is 3.67. The minimum atomic E-state index is -0.413. The van der Waals surface area contributed by atoms with Gasteiger partial charge in [0.25, 0.3) is 0 Å². The summed E-state index contributed by atoms with van der Waals surface area (Å²) >= 11 is 1.48. The molecular weight excluding hydrogens is 364 g/mol. The number of fused-ring (bicyclic) bond motifs is 1. The summed E-state index contributed by atoms with van der Waals surface area (Å²) in [6.07, 6.45) is 3.45. The topological polar surface area (TPSA) is 78.6 Å². The van der Waals surface area contributed by atoms with Crippen LogP contribution < -0.4 is 4.74 Å². The SMILES string of the molecule is C=CCOc1cccc(/C=C(\C(=O)OCC)C2=Nn3c(C)nnc3SC2)c1. The standard InChI is InChI=1S/C19H20N4O3S/c1-4-9-26-15-8-6-7-14(10-15)11-16(18(24)25-5-2)17-12-27-19-21-20-13(3)23(19)22-17/h4,6-8,10-11H,1,5,9,12H2,2-3H3/b16-11-. The first-order valence-corrected chi connectivity index (χ1v) is 9.46. The van der Waals surface area contributed by atoms with Crippen LogP contribution in [0.2, 0.25) is 0 Å². The quantitative estimate of drug-likeness (QED) is 0.415. The molecule has 1 aliphatic heterocycles. The van der Waals surface area contributed by atoms with Crippen LogP contribution in [0.5, 0.6) is 5.75 Å². The molecule has 27 heavy (non-hydrogen) atoms. The Balaban J connectivity index is 1.98. The summed E-state index contributed by atoms with van der Waals surface area (Å²) in [6.45, 7) is 7.94. The van der Waals surface area contributed by atoms with Gasteiger partial charge in [0.05, 0.1) is 17.9 Å². The van der Waals surface area contributed by atoms with Gasteiger partial charge in [-0.25, -0.2) is 4.79 Å². The molecule has 8 heteroatoms. The Hall–Kier alpha value is -2.87. The van der Waals surface area contributed by atoms with E-state index < -0.39 is 5.97 Å². The van der Waals surface area contributed by atoms with Crippen molar-refractivity contribution in [1.82, 2.24) is 14.9 Å². The number of carbonyl (C=O) groups excluding carboxylic acids is 1. The molecule has 1 aromatic carbocycles. The van der Waals surface area contributed by atoms with Crippen LogP contribution in [0.25, 0.3) is 6.08 Å². The van der Waals surface area contributed by atoms with Gasteiger partial charge in [-0.05, 0) is 37.6 Å². The molecule has 0 saturated carbocycles. The molecule has 7 nitrogen and oxygen atoms in total. The first kappa shape index (κ1) is 18.9. The highest BCUT2D eigenvalue weighted by Gasteiger charge is 2.24. The van der Waals surface area contributed by atoms with Crippen LogP contribution >= 0.6 is 11.8 Å². The molecule has 0 atom stereocenters. The van der Waals surface area contributed by atoms with Crippen LogP contribution in [0.3, 0.4) is 0 Å². The Morgan fingerprint density at radius 2 is 2.26 bits per heavy atom. The van der Waals surface area contributed by atoms with Crippen LogP contribution in [0.15, 0.2) is 52.8 Å². The predicted octanol–water partition coefficient (Wildman–Crippen LogP) is 3.11. The van der Waals surface area contributed by atoms with Gasteiger partial charge < -0.3 is 9.47 Å². The summed E-state index contributed by atoms with van der Waals surface area (Å²) in [5, 5.41) is 13.3. The van der Waals surface area contributed by atoms with Crippen LogP contribution in [0.1, 0.15) is 18.3 Å². The van der Waals surface area contributed by atoms with Gasteiger partial charge in [0.15, 0.2) is 5.82 Å². The van der Waals surface area contributed by atoms with E-state index in [1.807, 2.05) is 31.2 Å². The summed E-state index contributed by atoms with van der Waals surface area (Å²) in [7, 11) is 0. The Labute approximate surface area is 161 Å². The summed E-state index contributed by atoms with van der Waals surface area (Å²) in [5.41, 5.74) is 1.84. The van der Waals surface area contributed by atoms with Crippen LogP contribution in [0.4, 0.5) is 0 Å². The second-order valence-electron chi connectivity index (χ2n) is 5.63. The van der Waals surface area contributed by atoms with Crippen LogP contribution in [-0.4, -0.2) is 45.5 Å². The highest BCUT2D eigenvalue weighted by molar-refractivity contribution is 7.99. The van der Waals surface area contributed by atoms with Gasteiger partial charge in [0.1, 0.15) is 12.4 Å². The zero-order valence-electron chi connectivity index (χ0n) is 15.2. The third kappa shape index (κ3) is 4.46. The summed E-state index contributed by atoms with van der Waals surface area (Å²) in [5.74, 6) is 1.46. The van der Waals surface area contributed by atoms with Crippen molar-refractivity contribution in [1.29, 1.82) is 0 Å². The molecule has 0 radical (unpaired) electrons. The number of thioether (sulfide) groups is 1. The van der Waals surface area contributed by atoms with E-state index in [0.29, 0.717) is 40.4 Å². The van der Waals surface area contributed by atoms with Crippen molar-refractivity contribution in [3.8, 4) is 5.75 Å². The van der Waals surface area contributed by atoms with E-state index in [0.717, 1.165) is 5.56 Å². The number of aryl methyl sites for hydroxylation is 1. The van der Waals surface area contributed by atoms with Crippen molar-refractivity contribution in [2.45, 2.75) is 19.0 Å². The van der Waals surface area contributed by atoms with Gasteiger partial charge in [-0.15, -0.1) is 10.2 Å². The number of esters is 1. The van der Waals surface area contributed by atoms with E-state index >= 15 is 0 Å². The molecule has 1 aliphatic rings. The van der Waals surface area contributed by atoms with E-state index in [4.69, 9.17) is 9.47 Å². The average molecular weight is 384 g/mol. The Morgan fingerprint density at radius 1 is 1.41 bits per heavy atom. The molecule has 140 valence electrons. The second-order valence-corrected chi connectivity index (χ2v) is 6.57. The highest BCUT2D eigenvalue weighted by Crippen LogP contribution is 2.25. The fraction of sp³-hybridized carbons (Fsp3) is 0.263. The molecule has 0 spiro atoms. The van der Waals surface area contributed by atoms with Gasteiger partial charge in [0, 0.05) is 5.75 Å². The normalized spacial score (nSPS) is 13.6. The number of hydrogen-bond donors (Lipinski definition) is 0. The molecule has 0 aliphatic carbocycles.